The number of phenolic OH excluding ortho intramolecular Hbond substituents is 1. The first kappa shape index (κ1) is 25.9. The van der Waals surface area contributed by atoms with E-state index >= 15 is 0 Å². The molecule has 0 aromatic heterocycles. The van der Waals surface area contributed by atoms with Crippen LogP contribution in [-0.4, -0.2) is 62.3 Å². The largest absolute Gasteiger partial charge is 0.508 e. The molecule has 1 atom stereocenters. The minimum atomic E-state index is -0.625. The molecular formula is C21H25ClN4O4S2. The van der Waals surface area contributed by atoms with E-state index in [9.17, 15) is 20.0 Å². The molecule has 11 heteroatoms. The van der Waals surface area contributed by atoms with Gasteiger partial charge in [-0.05, 0) is 29.7 Å². The van der Waals surface area contributed by atoms with Crippen molar-refractivity contribution < 1.29 is 14.8 Å². The summed E-state index contributed by atoms with van der Waals surface area (Å²) in [6.07, 6.45) is 0.419. The molecule has 3 rings (SSSR count). The number of benzene rings is 2. The van der Waals surface area contributed by atoms with Gasteiger partial charge in [-0.25, -0.2) is 0 Å². The summed E-state index contributed by atoms with van der Waals surface area (Å²) in [4.78, 5) is 26.8. The van der Waals surface area contributed by atoms with Crippen LogP contribution in [0.3, 0.4) is 0 Å². The first-order chi connectivity index (χ1) is 14.8. The fourth-order valence-corrected chi connectivity index (χ4v) is 4.47. The van der Waals surface area contributed by atoms with Crippen molar-refractivity contribution in [3.63, 3.8) is 0 Å². The van der Waals surface area contributed by atoms with Crippen LogP contribution in [0.4, 0.5) is 5.69 Å². The Labute approximate surface area is 202 Å². The van der Waals surface area contributed by atoms with Gasteiger partial charge in [0.2, 0.25) is 5.91 Å². The van der Waals surface area contributed by atoms with Crippen molar-refractivity contribution in [2.45, 2.75) is 18.2 Å². The average molecular weight is 497 g/mol. The summed E-state index contributed by atoms with van der Waals surface area (Å²) in [5, 5.41) is 20.1. The van der Waals surface area contributed by atoms with Gasteiger partial charge in [0.1, 0.15) is 10.1 Å². The standard InChI is InChI=1S/C21H24N4O4S2.ClH/c22-19(13-15-3-7-18(26)8-4-15)20(27)23-9-11-24(12-10-23)21(30)31-14-16-1-5-17(6-2-16)25(28)29;/h1-8,19,26H,9-14,22H2;1H. The third-order valence-electron chi connectivity index (χ3n) is 5.07. The number of nitro benzene ring substituents is 1. The summed E-state index contributed by atoms with van der Waals surface area (Å²) in [6, 6.07) is 12.5. The van der Waals surface area contributed by atoms with Crippen LogP contribution in [0.5, 0.6) is 5.75 Å². The number of rotatable bonds is 6. The van der Waals surface area contributed by atoms with Crippen molar-refractivity contribution in [1.29, 1.82) is 0 Å². The van der Waals surface area contributed by atoms with E-state index in [2.05, 4.69) is 4.90 Å². The van der Waals surface area contributed by atoms with E-state index in [-0.39, 0.29) is 29.8 Å². The Morgan fingerprint density at radius 3 is 2.16 bits per heavy atom. The van der Waals surface area contributed by atoms with E-state index in [1.165, 1.54) is 23.9 Å². The van der Waals surface area contributed by atoms with Gasteiger partial charge in [0.05, 0.1) is 11.0 Å². The molecule has 8 nitrogen and oxygen atoms in total. The molecule has 1 fully saturated rings. The molecule has 1 aliphatic heterocycles. The summed E-state index contributed by atoms with van der Waals surface area (Å²) >= 11 is 7.03. The Morgan fingerprint density at radius 2 is 1.59 bits per heavy atom. The third-order valence-corrected chi connectivity index (χ3v) is 6.66. The number of thiocarbonyl (C=S) groups is 1. The number of halogens is 1. The monoisotopic (exact) mass is 496 g/mol. The van der Waals surface area contributed by atoms with Crippen LogP contribution < -0.4 is 5.73 Å². The van der Waals surface area contributed by atoms with Crippen LogP contribution in [0.15, 0.2) is 48.5 Å². The molecule has 0 aliphatic carbocycles. The molecule has 2 aromatic carbocycles. The molecule has 172 valence electrons. The highest BCUT2D eigenvalue weighted by Crippen LogP contribution is 2.20. The second-order valence-corrected chi connectivity index (χ2v) is 8.88. The normalized spacial score (nSPS) is 14.4. The Morgan fingerprint density at radius 1 is 1.06 bits per heavy atom. The van der Waals surface area contributed by atoms with Crippen LogP contribution in [-0.2, 0) is 17.0 Å². The van der Waals surface area contributed by atoms with Crippen molar-refractivity contribution in [3.8, 4) is 5.75 Å². The molecule has 0 saturated carbocycles. The first-order valence-electron chi connectivity index (χ1n) is 9.81. The maximum Gasteiger partial charge on any atom is 0.269 e. The van der Waals surface area contributed by atoms with Crippen LogP contribution in [0, 0.1) is 10.1 Å². The summed E-state index contributed by atoms with van der Waals surface area (Å²) < 4.78 is 0.749. The molecule has 1 aliphatic rings. The molecule has 3 N–H and O–H groups in total. The Balaban J connectivity index is 0.00000363. The van der Waals surface area contributed by atoms with Gasteiger partial charge in [-0.15, -0.1) is 12.4 Å². The molecule has 1 heterocycles. The van der Waals surface area contributed by atoms with Crippen molar-refractivity contribution in [2.75, 3.05) is 26.2 Å². The van der Waals surface area contributed by atoms with E-state index in [4.69, 9.17) is 18.0 Å². The van der Waals surface area contributed by atoms with Gasteiger partial charge in [-0.2, -0.15) is 0 Å². The second-order valence-electron chi connectivity index (χ2n) is 7.27. The average Bonchev–Trinajstić information content (AvgIpc) is 2.78. The molecule has 0 bridgehead atoms. The van der Waals surface area contributed by atoms with Crippen LogP contribution in [0.25, 0.3) is 0 Å². The number of carbonyl (C=O) groups excluding carboxylic acids is 1. The van der Waals surface area contributed by atoms with E-state index in [1.54, 1.807) is 41.3 Å². The molecule has 32 heavy (non-hydrogen) atoms. The highest BCUT2D eigenvalue weighted by molar-refractivity contribution is 8.22. The van der Waals surface area contributed by atoms with Gasteiger partial charge in [0, 0.05) is 44.1 Å². The van der Waals surface area contributed by atoms with Crippen LogP contribution in [0.1, 0.15) is 11.1 Å². The number of piperazine rings is 1. The number of hydrogen-bond acceptors (Lipinski definition) is 7. The van der Waals surface area contributed by atoms with Crippen molar-refractivity contribution in [3.05, 3.63) is 69.8 Å². The zero-order valence-electron chi connectivity index (χ0n) is 17.3. The van der Waals surface area contributed by atoms with Gasteiger partial charge < -0.3 is 20.6 Å². The summed E-state index contributed by atoms with van der Waals surface area (Å²) in [7, 11) is 0. The number of non-ortho nitro benzene ring substituents is 1. The van der Waals surface area contributed by atoms with Crippen molar-refractivity contribution >= 4 is 52.3 Å². The van der Waals surface area contributed by atoms with E-state index in [0.29, 0.717) is 38.4 Å². The molecule has 1 saturated heterocycles. The number of phenols is 1. The molecule has 0 radical (unpaired) electrons. The van der Waals surface area contributed by atoms with Gasteiger partial charge >= 0.3 is 0 Å². The van der Waals surface area contributed by atoms with Gasteiger partial charge in [0.15, 0.2) is 0 Å². The lowest BCUT2D eigenvalue weighted by Gasteiger charge is -2.37. The van der Waals surface area contributed by atoms with Gasteiger partial charge in [-0.3, -0.25) is 14.9 Å². The highest BCUT2D eigenvalue weighted by atomic mass is 35.5. The number of nitrogens with two attached hydrogens (primary N) is 1. The number of thioether (sulfide) groups is 1. The summed E-state index contributed by atoms with van der Waals surface area (Å²) in [5.41, 5.74) is 8.05. The number of amides is 1. The number of nitrogens with zero attached hydrogens (tertiary/aromatic N) is 3. The Bertz CT molecular complexity index is 936. The first-order valence-corrected chi connectivity index (χ1v) is 11.2. The minimum Gasteiger partial charge on any atom is -0.508 e. The lowest BCUT2D eigenvalue weighted by atomic mass is 10.1. The number of nitro groups is 1. The number of carbonyl (C=O) groups is 1. The third kappa shape index (κ3) is 7.06. The zero-order chi connectivity index (χ0) is 22.4. The summed E-state index contributed by atoms with van der Waals surface area (Å²) in [6.45, 7) is 2.40. The van der Waals surface area contributed by atoms with Crippen molar-refractivity contribution in [1.82, 2.24) is 9.80 Å². The van der Waals surface area contributed by atoms with Crippen LogP contribution in [0.2, 0.25) is 0 Å². The predicted molar refractivity (Wildman–Crippen MR) is 132 cm³/mol. The number of aromatic hydroxyl groups is 1. The zero-order valence-corrected chi connectivity index (χ0v) is 19.7. The summed E-state index contributed by atoms with van der Waals surface area (Å²) in [5.74, 6) is 0.729. The maximum absolute atomic E-state index is 12.7. The van der Waals surface area contributed by atoms with E-state index in [1.807, 2.05) is 0 Å². The molecule has 0 spiro atoms. The Hall–Kier alpha value is -2.40. The Kier molecular flexibility index (Phi) is 9.70. The lowest BCUT2D eigenvalue weighted by molar-refractivity contribution is -0.384. The maximum atomic E-state index is 12.7. The molecule has 1 unspecified atom stereocenters. The molecule has 1 amide bonds. The SMILES string of the molecule is Cl.NC(Cc1ccc(O)cc1)C(=O)N1CCN(C(=S)SCc2ccc([N+](=O)[O-])cc2)CC1. The fourth-order valence-electron chi connectivity index (χ4n) is 3.27. The quantitative estimate of drug-likeness (QED) is 0.356. The molecular weight excluding hydrogens is 472 g/mol. The topological polar surface area (TPSA) is 113 Å². The van der Waals surface area contributed by atoms with Gasteiger partial charge in [-0.1, -0.05) is 48.2 Å². The predicted octanol–water partition coefficient (Wildman–Crippen LogP) is 2.95. The smallest absolute Gasteiger partial charge is 0.269 e. The highest BCUT2D eigenvalue weighted by Gasteiger charge is 2.26. The van der Waals surface area contributed by atoms with Crippen LogP contribution >= 0.6 is 36.4 Å². The lowest BCUT2D eigenvalue weighted by Crippen LogP contribution is -2.54. The van der Waals surface area contributed by atoms with Gasteiger partial charge in [0.25, 0.3) is 5.69 Å². The second kappa shape index (κ2) is 12.0. The fraction of sp³-hybridized carbons (Fsp3) is 0.333. The molecule has 2 aromatic rings. The van der Waals surface area contributed by atoms with Crippen molar-refractivity contribution in [2.24, 2.45) is 5.73 Å². The number of hydrogen-bond donors (Lipinski definition) is 2. The minimum absolute atomic E-state index is 0. The van der Waals surface area contributed by atoms with E-state index < -0.39 is 11.0 Å². The van der Waals surface area contributed by atoms with E-state index in [0.717, 1.165) is 15.4 Å².